The molecule has 16 heavy (non-hydrogen) atoms. The maximum Gasteiger partial charge on any atom is 0.313 e. The Morgan fingerprint density at radius 1 is 1.31 bits per heavy atom. The molecule has 0 amide bonds. The van der Waals surface area contributed by atoms with Crippen LogP contribution in [0.25, 0.3) is 0 Å². The van der Waals surface area contributed by atoms with Crippen LogP contribution >= 0.6 is 23.5 Å². The Bertz CT molecular complexity index is 322. The van der Waals surface area contributed by atoms with Crippen LogP contribution in [0.3, 0.4) is 0 Å². The first-order chi connectivity index (χ1) is 7.72. The number of hydrogen-bond acceptors (Lipinski definition) is 3. The molecule has 0 heterocycles. The van der Waals surface area contributed by atoms with E-state index in [2.05, 4.69) is 31.2 Å². The third-order valence-electron chi connectivity index (χ3n) is 1.99. The minimum atomic E-state index is -0.736. The molecule has 0 spiro atoms. The van der Waals surface area contributed by atoms with E-state index in [1.807, 2.05) is 11.8 Å². The Morgan fingerprint density at radius 2 is 2.00 bits per heavy atom. The predicted octanol–water partition coefficient (Wildman–Crippen LogP) is 3.16. The first-order valence-electron chi connectivity index (χ1n) is 5.23. The molecule has 0 aromatic heterocycles. The summed E-state index contributed by atoms with van der Waals surface area (Å²) in [6, 6.07) is 8.51. The summed E-state index contributed by atoms with van der Waals surface area (Å²) in [6.45, 7) is 2.14. The molecule has 1 aromatic rings. The topological polar surface area (TPSA) is 37.3 Å². The molecule has 0 radical (unpaired) electrons. The maximum atomic E-state index is 10.3. The van der Waals surface area contributed by atoms with Gasteiger partial charge in [0.1, 0.15) is 0 Å². The number of carbonyl (C=O) groups is 1. The van der Waals surface area contributed by atoms with Gasteiger partial charge in [0.2, 0.25) is 0 Å². The second kappa shape index (κ2) is 7.63. The van der Waals surface area contributed by atoms with Gasteiger partial charge in [-0.3, -0.25) is 4.79 Å². The third kappa shape index (κ3) is 5.47. The Morgan fingerprint density at radius 3 is 2.56 bits per heavy atom. The standard InChI is InChI=1S/C12H16O2S2/c1-2-16-11-5-3-10(4-6-11)7-8-15-9-12(13)14/h3-6H,2,7-9H2,1H3,(H,13,14). The van der Waals surface area contributed by atoms with Gasteiger partial charge in [0.25, 0.3) is 0 Å². The SMILES string of the molecule is CCSc1ccc(CCSCC(=O)O)cc1. The van der Waals surface area contributed by atoms with Crippen LogP contribution in [0.1, 0.15) is 12.5 Å². The molecule has 0 bridgehead atoms. The third-order valence-corrected chi connectivity index (χ3v) is 3.83. The van der Waals surface area contributed by atoms with Crippen molar-refractivity contribution in [1.29, 1.82) is 0 Å². The van der Waals surface area contributed by atoms with E-state index in [-0.39, 0.29) is 5.75 Å². The van der Waals surface area contributed by atoms with Gasteiger partial charge in [-0.05, 0) is 35.6 Å². The highest BCUT2D eigenvalue weighted by Crippen LogP contribution is 2.18. The molecule has 0 aliphatic carbocycles. The minimum Gasteiger partial charge on any atom is -0.481 e. The van der Waals surface area contributed by atoms with E-state index in [0.29, 0.717) is 0 Å². The van der Waals surface area contributed by atoms with E-state index in [4.69, 9.17) is 5.11 Å². The Balaban J connectivity index is 2.29. The van der Waals surface area contributed by atoms with E-state index < -0.39 is 5.97 Å². The fourth-order valence-electron chi connectivity index (χ4n) is 1.27. The summed E-state index contributed by atoms with van der Waals surface area (Å²) in [7, 11) is 0. The first kappa shape index (κ1) is 13.5. The van der Waals surface area contributed by atoms with E-state index in [9.17, 15) is 4.79 Å². The number of rotatable bonds is 7. The van der Waals surface area contributed by atoms with Crippen molar-refractivity contribution in [1.82, 2.24) is 0 Å². The molecule has 4 heteroatoms. The van der Waals surface area contributed by atoms with Crippen molar-refractivity contribution < 1.29 is 9.90 Å². The zero-order chi connectivity index (χ0) is 11.8. The fraction of sp³-hybridized carbons (Fsp3) is 0.417. The summed E-state index contributed by atoms with van der Waals surface area (Å²) in [4.78, 5) is 11.6. The molecule has 0 aliphatic heterocycles. The van der Waals surface area contributed by atoms with Gasteiger partial charge in [-0.2, -0.15) is 0 Å². The van der Waals surface area contributed by atoms with Crippen molar-refractivity contribution in [2.45, 2.75) is 18.2 Å². The van der Waals surface area contributed by atoms with E-state index in [1.165, 1.54) is 22.2 Å². The zero-order valence-corrected chi connectivity index (χ0v) is 10.9. The van der Waals surface area contributed by atoms with Gasteiger partial charge in [0.15, 0.2) is 0 Å². The van der Waals surface area contributed by atoms with Gasteiger partial charge in [0.05, 0.1) is 5.75 Å². The molecule has 2 nitrogen and oxygen atoms in total. The monoisotopic (exact) mass is 256 g/mol. The molecule has 88 valence electrons. The normalized spacial score (nSPS) is 10.3. The lowest BCUT2D eigenvalue weighted by Gasteiger charge is -2.02. The van der Waals surface area contributed by atoms with E-state index in [0.717, 1.165) is 17.9 Å². The van der Waals surface area contributed by atoms with Crippen molar-refractivity contribution in [3.05, 3.63) is 29.8 Å². The van der Waals surface area contributed by atoms with Gasteiger partial charge < -0.3 is 5.11 Å². The maximum absolute atomic E-state index is 10.3. The molecule has 1 aromatic carbocycles. The van der Waals surface area contributed by atoms with Crippen LogP contribution in [-0.4, -0.2) is 28.3 Å². The number of hydrogen-bond donors (Lipinski definition) is 1. The summed E-state index contributed by atoms with van der Waals surface area (Å²) in [5.41, 5.74) is 1.28. The molecular weight excluding hydrogens is 240 g/mol. The average Bonchev–Trinajstić information content (AvgIpc) is 2.27. The van der Waals surface area contributed by atoms with Gasteiger partial charge in [-0.15, -0.1) is 23.5 Å². The van der Waals surface area contributed by atoms with Crippen LogP contribution in [0, 0.1) is 0 Å². The molecule has 0 unspecified atom stereocenters. The Labute approximate surface area is 105 Å². The van der Waals surface area contributed by atoms with Crippen LogP contribution in [0.4, 0.5) is 0 Å². The largest absolute Gasteiger partial charge is 0.481 e. The molecule has 1 rings (SSSR count). The Hall–Kier alpha value is -0.610. The Kier molecular flexibility index (Phi) is 6.42. The second-order valence-corrected chi connectivity index (χ2v) is 5.72. The van der Waals surface area contributed by atoms with Crippen molar-refractivity contribution in [3.8, 4) is 0 Å². The number of aryl methyl sites for hydroxylation is 1. The number of aliphatic carboxylic acids is 1. The van der Waals surface area contributed by atoms with Gasteiger partial charge in [0, 0.05) is 4.90 Å². The lowest BCUT2D eigenvalue weighted by atomic mass is 10.2. The number of carboxylic acid groups (broad SMARTS) is 1. The molecule has 0 saturated carbocycles. The van der Waals surface area contributed by atoms with Crippen molar-refractivity contribution in [3.63, 3.8) is 0 Å². The minimum absolute atomic E-state index is 0.198. The van der Waals surface area contributed by atoms with Crippen LogP contribution in [-0.2, 0) is 11.2 Å². The van der Waals surface area contributed by atoms with Gasteiger partial charge >= 0.3 is 5.97 Å². The van der Waals surface area contributed by atoms with Crippen molar-refractivity contribution >= 4 is 29.5 Å². The first-order valence-corrected chi connectivity index (χ1v) is 7.37. The highest BCUT2D eigenvalue weighted by molar-refractivity contribution is 8.00. The molecule has 1 N–H and O–H groups in total. The van der Waals surface area contributed by atoms with E-state index in [1.54, 1.807) is 0 Å². The van der Waals surface area contributed by atoms with E-state index >= 15 is 0 Å². The fourth-order valence-corrected chi connectivity index (χ4v) is 2.63. The lowest BCUT2D eigenvalue weighted by Crippen LogP contribution is -1.99. The number of thioether (sulfide) groups is 2. The summed E-state index contributed by atoms with van der Waals surface area (Å²) in [5.74, 6) is 1.42. The van der Waals surface area contributed by atoms with Crippen LogP contribution < -0.4 is 0 Å². The summed E-state index contributed by atoms with van der Waals surface area (Å²) >= 11 is 3.30. The number of benzene rings is 1. The second-order valence-electron chi connectivity index (χ2n) is 3.27. The lowest BCUT2D eigenvalue weighted by molar-refractivity contribution is -0.133. The molecule has 0 fully saturated rings. The smallest absolute Gasteiger partial charge is 0.313 e. The van der Waals surface area contributed by atoms with Crippen molar-refractivity contribution in [2.75, 3.05) is 17.3 Å². The highest BCUT2D eigenvalue weighted by atomic mass is 32.2. The summed E-state index contributed by atoms with van der Waals surface area (Å²) in [6.07, 6.45) is 0.940. The molecule has 0 atom stereocenters. The van der Waals surface area contributed by atoms with Crippen molar-refractivity contribution in [2.24, 2.45) is 0 Å². The van der Waals surface area contributed by atoms with Crippen LogP contribution in [0.5, 0.6) is 0 Å². The van der Waals surface area contributed by atoms with Crippen LogP contribution in [0.2, 0.25) is 0 Å². The van der Waals surface area contributed by atoms with Gasteiger partial charge in [-0.25, -0.2) is 0 Å². The summed E-state index contributed by atoms with van der Waals surface area (Å²) in [5, 5.41) is 8.48. The van der Waals surface area contributed by atoms with Crippen LogP contribution in [0.15, 0.2) is 29.2 Å². The zero-order valence-electron chi connectivity index (χ0n) is 9.31. The van der Waals surface area contributed by atoms with Gasteiger partial charge in [-0.1, -0.05) is 19.1 Å². The molecular formula is C12H16O2S2. The average molecular weight is 256 g/mol. The molecule has 0 aliphatic rings. The highest BCUT2D eigenvalue weighted by Gasteiger charge is 1.98. The number of carboxylic acids is 1. The summed E-state index contributed by atoms with van der Waals surface area (Å²) < 4.78 is 0. The predicted molar refractivity (Wildman–Crippen MR) is 71.5 cm³/mol. The molecule has 0 saturated heterocycles. The quantitative estimate of drug-likeness (QED) is 0.600.